The van der Waals surface area contributed by atoms with Gasteiger partial charge in [0, 0.05) is 0 Å². The Labute approximate surface area is 367 Å². The Morgan fingerprint density at radius 1 is 0.177 bits per heavy atom. The SMILES string of the molecule is C.C1C2CC(C1C1CC3CC1C1OC31)C1OC21.C1C2OC2C2C1C1CC2C2C3CC(C4OC34)C12.C1C2OC2C2C1C1CC2C2OC12.C1C2OC2CC2C1C1CC2C2C1CC1OC12. The van der Waals surface area contributed by atoms with Crippen LogP contribution in [-0.4, -0.2) is 97.7 Å². The standard InChI is InChI=1S/C15H18O2.2C14H18O2.C10H12O2.CH4/c1-4-5-3-9-15(16-9)12(5)6(1)11-8-2-7(10(4)11)13-14(8)17-13;1-5-6-2-10-11(15-10)3-7(6)8(1)13-9(5)4-12-14(13)16-12;1-5-3-9(13-11(5)15-13)7(1)8-2-6-4-10(8)14-12(6)16-14;1-4-3-2-6-10(11-6)7(3)5(1)9-8(4)12-9;/h4-15H,1-3H2;2*5-14H,1-4H2;3-10H,1-2H2;1H4. The molecule has 8 heteroatoms. The van der Waals surface area contributed by atoms with Crippen LogP contribution in [0.2, 0.25) is 0 Å². The first-order valence-electron chi connectivity index (χ1n) is 27.4. The zero-order valence-electron chi connectivity index (χ0n) is 35.6. The fourth-order valence-electron chi connectivity index (χ4n) is 25.1. The van der Waals surface area contributed by atoms with Crippen LogP contribution in [0.5, 0.6) is 0 Å². The molecule has 16 aliphatic carbocycles. The van der Waals surface area contributed by atoms with Crippen molar-refractivity contribution in [3.8, 4) is 0 Å². The molecule has 0 aromatic rings. The van der Waals surface area contributed by atoms with Crippen LogP contribution in [0.1, 0.15) is 90.9 Å². The van der Waals surface area contributed by atoms with Crippen molar-refractivity contribution < 1.29 is 37.9 Å². The minimum absolute atomic E-state index is 0. The Kier molecular flexibility index (Phi) is 6.15. The molecular weight excluding hydrogens is 777 g/mol. The molecule has 16 saturated carbocycles. The quantitative estimate of drug-likeness (QED) is 0.210. The van der Waals surface area contributed by atoms with Crippen LogP contribution in [0.3, 0.4) is 0 Å². The molecule has 8 nitrogen and oxygen atoms in total. The highest BCUT2D eigenvalue weighted by molar-refractivity contribution is 5.26. The van der Waals surface area contributed by atoms with Crippen molar-refractivity contribution in [2.24, 2.45) is 142 Å². The molecule has 8 heterocycles. The highest BCUT2D eigenvalue weighted by Crippen LogP contribution is 2.78. The van der Waals surface area contributed by atoms with Gasteiger partial charge in [-0.3, -0.25) is 0 Å². The third-order valence-electron chi connectivity index (χ3n) is 26.7. The first-order valence-corrected chi connectivity index (χ1v) is 27.4. The van der Waals surface area contributed by atoms with Crippen molar-refractivity contribution in [3.63, 3.8) is 0 Å². The number of rotatable bonds is 1. The van der Waals surface area contributed by atoms with Gasteiger partial charge in [0.25, 0.3) is 0 Å². The van der Waals surface area contributed by atoms with E-state index in [4.69, 9.17) is 37.9 Å². The zero-order chi connectivity index (χ0) is 37.9. The van der Waals surface area contributed by atoms with Crippen LogP contribution in [0.25, 0.3) is 0 Å². The average Bonchev–Trinajstić information content (AvgIpc) is 4.01. The average molecular weight is 847 g/mol. The summed E-state index contributed by atoms with van der Waals surface area (Å²) in [7, 11) is 0. The summed E-state index contributed by atoms with van der Waals surface area (Å²) in [6, 6.07) is 0. The highest BCUT2D eigenvalue weighted by Gasteiger charge is 2.79. The zero-order valence-corrected chi connectivity index (χ0v) is 35.6. The smallest absolute Gasteiger partial charge is 0.0876 e. The minimum Gasteiger partial charge on any atom is -0.370 e. The van der Waals surface area contributed by atoms with E-state index in [2.05, 4.69) is 0 Å². The molecule has 8 aliphatic heterocycles. The van der Waals surface area contributed by atoms with Crippen molar-refractivity contribution in [2.75, 3.05) is 0 Å². The lowest BCUT2D eigenvalue weighted by Crippen LogP contribution is -2.40. The Balaban J connectivity index is 0.0000000673. The maximum absolute atomic E-state index is 5.93. The summed E-state index contributed by atoms with van der Waals surface area (Å²) >= 11 is 0. The van der Waals surface area contributed by atoms with Crippen molar-refractivity contribution in [1.29, 1.82) is 0 Å². The summed E-state index contributed by atoms with van der Waals surface area (Å²) < 4.78 is 46.3. The van der Waals surface area contributed by atoms with Crippen molar-refractivity contribution in [3.05, 3.63) is 0 Å². The van der Waals surface area contributed by atoms with Crippen LogP contribution in [0.4, 0.5) is 0 Å². The Hall–Kier alpha value is -0.320. The first-order chi connectivity index (χ1) is 30.1. The van der Waals surface area contributed by atoms with E-state index in [1.165, 1.54) is 70.6 Å². The van der Waals surface area contributed by atoms with Gasteiger partial charge in [-0.25, -0.2) is 0 Å². The van der Waals surface area contributed by atoms with Gasteiger partial charge < -0.3 is 37.9 Å². The van der Waals surface area contributed by atoms with E-state index in [0.29, 0.717) is 85.5 Å². The topological polar surface area (TPSA) is 100 Å². The Bertz CT molecular complexity index is 2010. The van der Waals surface area contributed by atoms with Crippen LogP contribution in [0.15, 0.2) is 0 Å². The highest BCUT2D eigenvalue weighted by atomic mass is 16.6. The molecule has 62 heavy (non-hydrogen) atoms. The van der Waals surface area contributed by atoms with E-state index < -0.39 is 0 Å². The van der Waals surface area contributed by atoms with Crippen molar-refractivity contribution in [1.82, 2.24) is 0 Å². The monoisotopic (exact) mass is 847 g/mol. The van der Waals surface area contributed by atoms with Crippen LogP contribution in [0, 0.1) is 142 Å². The van der Waals surface area contributed by atoms with E-state index in [0.717, 1.165) is 154 Å². The van der Waals surface area contributed by atoms with E-state index >= 15 is 0 Å². The van der Waals surface area contributed by atoms with E-state index in [-0.39, 0.29) is 7.43 Å². The van der Waals surface area contributed by atoms with Gasteiger partial charge in [-0.2, -0.15) is 0 Å². The second kappa shape index (κ2) is 10.9. The number of fused-ring (bicyclic) bond motifs is 48. The molecule has 0 aromatic heterocycles. The minimum atomic E-state index is 0. The second-order valence-corrected chi connectivity index (χ2v) is 27.6. The lowest BCUT2D eigenvalue weighted by molar-refractivity contribution is 0.0447. The summed E-state index contributed by atoms with van der Waals surface area (Å²) in [6.07, 6.45) is 30.4. The second-order valence-electron chi connectivity index (χ2n) is 27.6. The van der Waals surface area contributed by atoms with Gasteiger partial charge in [-0.05, 0) is 226 Å². The number of ether oxygens (including phenoxy) is 8. The van der Waals surface area contributed by atoms with Gasteiger partial charge in [-0.1, -0.05) is 7.43 Å². The van der Waals surface area contributed by atoms with Crippen LogP contribution in [-0.2, 0) is 37.9 Å². The fourth-order valence-corrected chi connectivity index (χ4v) is 25.1. The summed E-state index contributed by atoms with van der Waals surface area (Å²) in [5, 5.41) is 0. The van der Waals surface area contributed by atoms with Gasteiger partial charge in [0.1, 0.15) is 0 Å². The Morgan fingerprint density at radius 3 is 1.08 bits per heavy atom. The van der Waals surface area contributed by atoms with E-state index in [1.807, 2.05) is 0 Å². The molecule has 40 unspecified atom stereocenters. The summed E-state index contributed by atoms with van der Waals surface area (Å²) in [4.78, 5) is 0. The van der Waals surface area contributed by atoms with Gasteiger partial charge in [-0.15, -0.1) is 0 Å². The van der Waals surface area contributed by atoms with Crippen LogP contribution >= 0.6 is 0 Å². The van der Waals surface area contributed by atoms with Gasteiger partial charge >= 0.3 is 0 Å². The third-order valence-corrected chi connectivity index (χ3v) is 26.7. The molecule has 0 N–H and O–H groups in total. The number of epoxide rings is 8. The number of hydrogen-bond acceptors (Lipinski definition) is 8. The molecule has 40 atom stereocenters. The molecule has 0 spiro atoms. The van der Waals surface area contributed by atoms with Gasteiger partial charge in [0.05, 0.1) is 97.7 Å². The number of hydrogen-bond donors (Lipinski definition) is 0. The summed E-state index contributed by atoms with van der Waals surface area (Å²) in [5.41, 5.74) is 0. The summed E-state index contributed by atoms with van der Waals surface area (Å²) in [6.45, 7) is 0. The van der Waals surface area contributed by atoms with Gasteiger partial charge in [0.2, 0.25) is 0 Å². The molecule has 24 aliphatic rings. The van der Waals surface area contributed by atoms with Gasteiger partial charge in [0.15, 0.2) is 0 Å². The third kappa shape index (κ3) is 4.11. The van der Waals surface area contributed by atoms with E-state index in [9.17, 15) is 0 Å². The predicted molar refractivity (Wildman–Crippen MR) is 220 cm³/mol. The van der Waals surface area contributed by atoms with Crippen molar-refractivity contribution in [2.45, 2.75) is 189 Å². The first kappa shape index (κ1) is 34.9. The van der Waals surface area contributed by atoms with E-state index in [1.54, 1.807) is 12.8 Å². The molecule has 0 radical (unpaired) electrons. The normalized spacial score (nSPS) is 77.8. The van der Waals surface area contributed by atoms with Crippen LogP contribution < -0.4 is 0 Å². The lowest BCUT2D eigenvalue weighted by Gasteiger charge is -2.40. The molecule has 8 saturated heterocycles. The predicted octanol–water partition coefficient (Wildman–Crippen LogP) is 6.80. The molecular formula is C54H70O8. The largest absolute Gasteiger partial charge is 0.370 e. The Morgan fingerprint density at radius 2 is 0.484 bits per heavy atom. The molecule has 24 rings (SSSR count). The molecule has 334 valence electrons. The maximum atomic E-state index is 5.93. The molecule has 24 fully saturated rings. The molecule has 0 amide bonds. The molecule has 12 bridgehead atoms. The summed E-state index contributed by atoms with van der Waals surface area (Å²) in [5.74, 6) is 24.2. The fraction of sp³-hybridized carbons (Fsp3) is 1.00. The molecule has 0 aromatic carbocycles. The van der Waals surface area contributed by atoms with Crippen molar-refractivity contribution >= 4 is 0 Å². The maximum Gasteiger partial charge on any atom is 0.0876 e. The lowest BCUT2D eigenvalue weighted by atomic mass is 9.64.